The summed E-state index contributed by atoms with van der Waals surface area (Å²) in [5.74, 6) is 8.55. The molecule has 0 fully saturated rings. The minimum atomic E-state index is -1.20. The largest absolute Gasteiger partial charge is 0.472 e. The summed E-state index contributed by atoms with van der Waals surface area (Å²) in [7, 11) is 0. The lowest BCUT2D eigenvalue weighted by molar-refractivity contribution is -0.131. The lowest BCUT2D eigenvalue weighted by Crippen LogP contribution is -2.20. The van der Waals surface area contributed by atoms with Gasteiger partial charge in [-0.05, 0) is 42.5 Å². The van der Waals surface area contributed by atoms with Crippen LogP contribution in [0.2, 0.25) is 10.0 Å². The number of benzene rings is 2. The zero-order valence-electron chi connectivity index (χ0n) is 20.8. The zero-order chi connectivity index (χ0) is 32.5. The van der Waals surface area contributed by atoms with E-state index in [9.17, 15) is 14.4 Å². The van der Waals surface area contributed by atoms with Crippen molar-refractivity contribution in [3.05, 3.63) is 69.2 Å². The first kappa shape index (κ1) is 39.4. The molecular formula is C24H25Cl2N9O6. The quantitative estimate of drug-likeness (QED) is 0.103. The minimum Gasteiger partial charge on any atom is -0.472 e. The number of carboxylic acids is 3. The van der Waals surface area contributed by atoms with Crippen molar-refractivity contribution >= 4 is 59.0 Å². The Balaban J connectivity index is -0.000000512. The molecule has 0 amide bonds. The molecule has 0 unspecified atom stereocenters. The monoisotopic (exact) mass is 605 g/mol. The Morgan fingerprint density at radius 2 is 0.878 bits per heavy atom. The summed E-state index contributed by atoms with van der Waals surface area (Å²) >= 11 is 11.4. The highest BCUT2D eigenvalue weighted by Crippen LogP contribution is 2.19. The molecule has 0 aliphatic rings. The summed E-state index contributed by atoms with van der Waals surface area (Å²) in [4.78, 5) is 30.4. The number of halogens is 2. The first-order chi connectivity index (χ1) is 18.9. The van der Waals surface area contributed by atoms with Gasteiger partial charge in [0.25, 0.3) is 0 Å². The average molecular weight is 606 g/mol. The molecule has 0 heterocycles. The highest BCUT2D eigenvalue weighted by Gasteiger charge is 1.97. The highest BCUT2D eigenvalue weighted by molar-refractivity contribution is 6.35. The first-order valence-electron chi connectivity index (χ1n) is 9.95. The van der Waals surface area contributed by atoms with Gasteiger partial charge in [0, 0.05) is 39.5 Å². The number of nitrogens with two attached hydrogens (primary N) is 6. The average Bonchev–Trinajstić information content (AvgIpc) is 2.81. The molecule has 0 aliphatic carbocycles. The van der Waals surface area contributed by atoms with Crippen molar-refractivity contribution < 1.29 is 29.7 Å². The van der Waals surface area contributed by atoms with Gasteiger partial charge in [-0.2, -0.15) is 0 Å². The third-order valence-electron chi connectivity index (χ3n) is 2.75. The van der Waals surface area contributed by atoms with Crippen molar-refractivity contribution in [1.29, 1.82) is 16.2 Å². The van der Waals surface area contributed by atoms with Gasteiger partial charge in [0.2, 0.25) is 0 Å². The molecule has 41 heavy (non-hydrogen) atoms. The molecule has 17 heteroatoms. The Bertz CT molecular complexity index is 1340. The van der Waals surface area contributed by atoms with Crippen LogP contribution < -0.4 is 34.4 Å². The number of carbonyl (C=O) groups is 3. The summed E-state index contributed by atoms with van der Waals surface area (Å²) < 4.78 is 0. The topological polar surface area (TPSA) is 340 Å². The molecule has 2 rings (SSSR count). The van der Waals surface area contributed by atoms with E-state index in [4.69, 9.17) is 54.7 Å². The molecule has 2 aromatic carbocycles. The Labute approximate surface area is 243 Å². The van der Waals surface area contributed by atoms with Crippen LogP contribution in [0.15, 0.2) is 42.5 Å². The Hall–Kier alpha value is -6.08. The fraction of sp³-hybridized carbons (Fsp3) is 0. The van der Waals surface area contributed by atoms with Crippen molar-refractivity contribution in [2.24, 2.45) is 34.4 Å². The van der Waals surface area contributed by atoms with E-state index < -0.39 is 17.9 Å². The fourth-order valence-corrected chi connectivity index (χ4v) is 2.06. The third kappa shape index (κ3) is 33.9. The SMILES string of the molecule is N=C(N)N.N=C(N)N.N=C(N)N.O=C(O)C#Cc1ccc(C#CC(=O)O)cc1.O=C(O)C#Cc1ccc(Cl)cc1Cl. The summed E-state index contributed by atoms with van der Waals surface area (Å²) in [5.41, 5.74) is 28.3. The van der Waals surface area contributed by atoms with Gasteiger partial charge in [0.1, 0.15) is 0 Å². The molecule has 0 saturated carbocycles. The molecule has 0 radical (unpaired) electrons. The fourth-order valence-electron chi connectivity index (χ4n) is 1.60. The van der Waals surface area contributed by atoms with Crippen LogP contribution in [0.25, 0.3) is 0 Å². The predicted molar refractivity (Wildman–Crippen MR) is 155 cm³/mol. The highest BCUT2D eigenvalue weighted by atomic mass is 35.5. The van der Waals surface area contributed by atoms with Crippen LogP contribution >= 0.6 is 23.2 Å². The van der Waals surface area contributed by atoms with Crippen LogP contribution in [0.3, 0.4) is 0 Å². The van der Waals surface area contributed by atoms with Gasteiger partial charge in [0.05, 0.1) is 5.02 Å². The summed E-state index contributed by atoms with van der Waals surface area (Å²) in [6.07, 6.45) is 0. The second-order valence-electron chi connectivity index (χ2n) is 6.23. The van der Waals surface area contributed by atoms with E-state index in [1.54, 1.807) is 36.4 Å². The minimum absolute atomic E-state index is 0.333. The van der Waals surface area contributed by atoms with Crippen molar-refractivity contribution in [2.45, 2.75) is 0 Å². The van der Waals surface area contributed by atoms with E-state index in [0.29, 0.717) is 26.7 Å². The van der Waals surface area contributed by atoms with Crippen LogP contribution in [0.1, 0.15) is 16.7 Å². The van der Waals surface area contributed by atoms with Crippen LogP contribution in [-0.2, 0) is 14.4 Å². The zero-order valence-corrected chi connectivity index (χ0v) is 22.3. The second-order valence-corrected chi connectivity index (χ2v) is 7.08. The van der Waals surface area contributed by atoms with Gasteiger partial charge in [-0.15, -0.1) is 0 Å². The van der Waals surface area contributed by atoms with Crippen LogP contribution in [0.5, 0.6) is 0 Å². The first-order valence-corrected chi connectivity index (χ1v) is 10.7. The van der Waals surface area contributed by atoms with Crippen molar-refractivity contribution in [3.8, 4) is 35.5 Å². The molecular weight excluding hydrogens is 581 g/mol. The predicted octanol–water partition coefficient (Wildman–Crippen LogP) is -0.496. The number of carboxylic acid groups (broad SMARTS) is 3. The van der Waals surface area contributed by atoms with E-state index in [0.717, 1.165) is 0 Å². The van der Waals surface area contributed by atoms with E-state index in [1.807, 2.05) is 17.8 Å². The third-order valence-corrected chi connectivity index (χ3v) is 3.30. The number of aliphatic carboxylic acids is 3. The maximum Gasteiger partial charge on any atom is 0.382 e. The van der Waals surface area contributed by atoms with Gasteiger partial charge < -0.3 is 49.7 Å². The second kappa shape index (κ2) is 23.1. The van der Waals surface area contributed by atoms with Gasteiger partial charge in [-0.1, -0.05) is 41.0 Å². The molecule has 15 nitrogen and oxygen atoms in total. The normalized spacial score (nSPS) is 7.66. The summed E-state index contributed by atoms with van der Waals surface area (Å²) in [6.45, 7) is 0. The van der Waals surface area contributed by atoms with E-state index in [1.165, 1.54) is 6.07 Å². The molecule has 0 bridgehead atoms. The van der Waals surface area contributed by atoms with Crippen molar-refractivity contribution in [3.63, 3.8) is 0 Å². The number of rotatable bonds is 0. The molecule has 0 saturated heterocycles. The van der Waals surface area contributed by atoms with Gasteiger partial charge in [0.15, 0.2) is 17.9 Å². The molecule has 0 atom stereocenters. The van der Waals surface area contributed by atoms with E-state index in [-0.39, 0.29) is 17.9 Å². The van der Waals surface area contributed by atoms with Crippen LogP contribution in [0, 0.1) is 51.8 Å². The van der Waals surface area contributed by atoms with E-state index >= 15 is 0 Å². The molecule has 2 aromatic rings. The number of hydrogen-bond donors (Lipinski definition) is 12. The van der Waals surface area contributed by atoms with Gasteiger partial charge >= 0.3 is 17.9 Å². The molecule has 18 N–H and O–H groups in total. The van der Waals surface area contributed by atoms with E-state index in [2.05, 4.69) is 52.2 Å². The lowest BCUT2D eigenvalue weighted by Gasteiger charge is -1.94. The summed E-state index contributed by atoms with van der Waals surface area (Å²) in [6, 6.07) is 11.0. The van der Waals surface area contributed by atoms with Gasteiger partial charge in [-0.3, -0.25) is 16.2 Å². The smallest absolute Gasteiger partial charge is 0.382 e. The molecule has 216 valence electrons. The van der Waals surface area contributed by atoms with Crippen LogP contribution in [0.4, 0.5) is 0 Å². The Kier molecular flexibility index (Phi) is 22.2. The number of guanidine groups is 3. The maximum atomic E-state index is 10.2. The summed E-state index contributed by atoms with van der Waals surface area (Å²) in [5, 5.41) is 43.9. The number of nitrogens with one attached hydrogen (secondary N) is 3. The van der Waals surface area contributed by atoms with Crippen LogP contribution in [-0.4, -0.2) is 51.1 Å². The Morgan fingerprint density at radius 3 is 1.15 bits per heavy atom. The van der Waals surface area contributed by atoms with Crippen molar-refractivity contribution in [2.75, 3.05) is 0 Å². The maximum absolute atomic E-state index is 10.2. The molecule has 0 aromatic heterocycles. The lowest BCUT2D eigenvalue weighted by atomic mass is 10.1. The van der Waals surface area contributed by atoms with Gasteiger partial charge in [-0.25, -0.2) is 14.4 Å². The van der Waals surface area contributed by atoms with Crippen molar-refractivity contribution in [1.82, 2.24) is 0 Å². The molecule has 0 spiro atoms. The standard InChI is InChI=1S/C12H6O4.C9H4Cl2O2.3CH5N3/c13-11(14)7-5-9-1-2-10(4-3-9)6-8-12(15)16;10-7-3-1-6(8(11)5-7)2-4-9(12)13;3*2-1(3)4/h1-4H,(H,13,14)(H,15,16);1,3,5H,(H,12,13);3*(H5,2,3,4). The Morgan fingerprint density at radius 1 is 0.585 bits per heavy atom. The number of hydrogen-bond acceptors (Lipinski definition) is 6. The molecule has 0 aliphatic heterocycles.